The van der Waals surface area contributed by atoms with E-state index in [0.29, 0.717) is 28.0 Å². The summed E-state index contributed by atoms with van der Waals surface area (Å²) in [5, 5.41) is 11.4. The van der Waals surface area contributed by atoms with Gasteiger partial charge < -0.3 is 4.98 Å². The number of anilines is 1. The van der Waals surface area contributed by atoms with E-state index >= 15 is 0 Å². The Kier molecular flexibility index (Phi) is 4.46. The number of fused-ring (bicyclic) bond motifs is 1. The Bertz CT molecular complexity index is 1180. The third-order valence-electron chi connectivity index (χ3n) is 4.06. The van der Waals surface area contributed by atoms with Gasteiger partial charge in [-0.25, -0.2) is 4.98 Å². The smallest absolute Gasteiger partial charge is 0.273 e. The molecule has 7 nitrogen and oxygen atoms in total. The second kappa shape index (κ2) is 6.93. The van der Waals surface area contributed by atoms with Crippen LogP contribution in [0.15, 0.2) is 43.0 Å². The molecule has 1 aromatic carbocycles. The molecule has 0 radical (unpaired) electrons. The maximum Gasteiger partial charge on any atom is 0.273 e. The lowest BCUT2D eigenvalue weighted by Crippen LogP contribution is -2.11. The van der Waals surface area contributed by atoms with E-state index in [4.69, 9.17) is 12.2 Å². The van der Waals surface area contributed by atoms with Crippen LogP contribution in [0.1, 0.15) is 16.2 Å². The largest absolute Gasteiger partial charge is 0.351 e. The van der Waals surface area contributed by atoms with Crippen LogP contribution in [0.5, 0.6) is 0 Å². The second-order valence-electron chi connectivity index (χ2n) is 5.91. The molecular weight excluding hydrogens is 380 g/mol. The quantitative estimate of drug-likeness (QED) is 0.347. The number of benzene rings is 1. The van der Waals surface area contributed by atoms with Crippen LogP contribution in [0.2, 0.25) is 0 Å². The monoisotopic (exact) mass is 396 g/mol. The highest BCUT2D eigenvalue weighted by Crippen LogP contribution is 2.32. The maximum absolute atomic E-state index is 12.6. The van der Waals surface area contributed by atoms with E-state index < -0.39 is 0 Å². The minimum atomic E-state index is -0.239. The van der Waals surface area contributed by atoms with E-state index in [1.807, 2.05) is 41.8 Å². The molecular formula is C18H16N6OS2. The van der Waals surface area contributed by atoms with Crippen LogP contribution in [0, 0.1) is 11.7 Å². The molecule has 0 saturated carbocycles. The molecule has 0 spiro atoms. The fraction of sp³-hybridized carbons (Fsp3) is 0.111. The maximum atomic E-state index is 12.6. The van der Waals surface area contributed by atoms with E-state index in [0.717, 1.165) is 21.5 Å². The van der Waals surface area contributed by atoms with Crippen LogP contribution in [-0.2, 0) is 6.54 Å². The number of carbonyl (C=O) groups is 1. The minimum absolute atomic E-state index is 0.239. The molecule has 9 heteroatoms. The number of nitrogens with zero attached hydrogens (tertiary/aromatic N) is 3. The van der Waals surface area contributed by atoms with Crippen molar-refractivity contribution in [2.24, 2.45) is 0 Å². The van der Waals surface area contributed by atoms with Crippen LogP contribution < -0.4 is 5.32 Å². The highest BCUT2D eigenvalue weighted by molar-refractivity contribution is 7.71. The molecule has 3 N–H and O–H groups in total. The van der Waals surface area contributed by atoms with Gasteiger partial charge in [-0.15, -0.1) is 6.58 Å². The SMILES string of the molecule is C=CCn1c(-c2sc(NC(=O)c3cc4ccccc4[nH]3)nc2C)n[nH]c1=S. The number of thiazole rings is 1. The Hall–Kier alpha value is -3.04. The fourth-order valence-electron chi connectivity index (χ4n) is 2.81. The lowest BCUT2D eigenvalue weighted by molar-refractivity contribution is 0.102. The Morgan fingerprint density at radius 3 is 3.04 bits per heavy atom. The van der Waals surface area contributed by atoms with Crippen LogP contribution in [0.3, 0.4) is 0 Å². The molecule has 0 aliphatic heterocycles. The van der Waals surface area contributed by atoms with Crippen LogP contribution in [0.25, 0.3) is 21.6 Å². The van der Waals surface area contributed by atoms with Gasteiger partial charge in [0.2, 0.25) is 0 Å². The summed E-state index contributed by atoms with van der Waals surface area (Å²) >= 11 is 6.62. The Labute approximate surface area is 163 Å². The summed E-state index contributed by atoms with van der Waals surface area (Å²) in [6.07, 6.45) is 1.75. The van der Waals surface area contributed by atoms with Crippen molar-refractivity contribution in [3.63, 3.8) is 0 Å². The third-order valence-corrected chi connectivity index (χ3v) is 5.45. The first kappa shape index (κ1) is 17.4. The standard InChI is InChI=1S/C18H16N6OS2/c1-3-8-24-15(22-23-18(24)26)14-10(2)19-17(27-14)21-16(25)13-9-11-6-4-5-7-12(11)20-13/h3-7,9,20H,1,8H2,2H3,(H,23,26)(H,19,21,25). The van der Waals surface area contributed by atoms with E-state index in [1.54, 1.807) is 6.08 Å². The van der Waals surface area contributed by atoms with Crippen LogP contribution in [-0.4, -0.2) is 30.6 Å². The van der Waals surface area contributed by atoms with Gasteiger partial charge in [-0.05, 0) is 31.3 Å². The first-order valence-corrected chi connectivity index (χ1v) is 9.42. The molecule has 4 aromatic rings. The summed E-state index contributed by atoms with van der Waals surface area (Å²) in [6, 6.07) is 9.56. The van der Waals surface area contributed by atoms with Gasteiger partial charge in [0.25, 0.3) is 5.91 Å². The average molecular weight is 397 g/mol. The molecule has 1 amide bonds. The number of hydrogen-bond donors (Lipinski definition) is 3. The Morgan fingerprint density at radius 2 is 2.26 bits per heavy atom. The lowest BCUT2D eigenvalue weighted by Gasteiger charge is -2.01. The summed E-state index contributed by atoms with van der Waals surface area (Å²) in [5.74, 6) is 0.442. The van der Waals surface area contributed by atoms with Gasteiger partial charge in [-0.3, -0.25) is 19.8 Å². The molecule has 136 valence electrons. The number of para-hydroxylation sites is 1. The molecule has 4 rings (SSSR count). The predicted molar refractivity (Wildman–Crippen MR) is 110 cm³/mol. The van der Waals surface area contributed by atoms with Gasteiger partial charge in [0.1, 0.15) is 5.69 Å². The molecule has 3 aromatic heterocycles. The van der Waals surface area contributed by atoms with Crippen LogP contribution >= 0.6 is 23.6 Å². The summed E-state index contributed by atoms with van der Waals surface area (Å²) < 4.78 is 2.35. The molecule has 0 aliphatic rings. The zero-order valence-corrected chi connectivity index (χ0v) is 16.1. The predicted octanol–water partition coefficient (Wildman–Crippen LogP) is 4.29. The Morgan fingerprint density at radius 1 is 1.44 bits per heavy atom. The van der Waals surface area contributed by atoms with E-state index in [2.05, 4.69) is 32.1 Å². The number of rotatable bonds is 5. The first-order chi connectivity index (χ1) is 13.1. The number of aromatic nitrogens is 5. The van der Waals surface area contributed by atoms with Crippen LogP contribution in [0.4, 0.5) is 5.13 Å². The number of H-pyrrole nitrogens is 2. The van der Waals surface area contributed by atoms with Crippen molar-refractivity contribution in [2.75, 3.05) is 5.32 Å². The molecule has 3 heterocycles. The number of aryl methyl sites for hydroxylation is 1. The molecule has 0 fully saturated rings. The zero-order valence-electron chi connectivity index (χ0n) is 14.4. The number of allylic oxidation sites excluding steroid dienone is 1. The lowest BCUT2D eigenvalue weighted by atomic mass is 10.2. The number of hydrogen-bond acceptors (Lipinski definition) is 5. The molecule has 0 bridgehead atoms. The minimum Gasteiger partial charge on any atom is -0.351 e. The first-order valence-electron chi connectivity index (χ1n) is 8.20. The highest BCUT2D eigenvalue weighted by Gasteiger charge is 2.18. The van der Waals surface area contributed by atoms with Gasteiger partial charge >= 0.3 is 0 Å². The van der Waals surface area contributed by atoms with Gasteiger partial charge in [-0.2, -0.15) is 5.10 Å². The summed E-state index contributed by atoms with van der Waals surface area (Å²) in [6.45, 7) is 6.16. The topological polar surface area (TPSA) is 91.4 Å². The van der Waals surface area contributed by atoms with Gasteiger partial charge in [0.15, 0.2) is 15.7 Å². The molecule has 0 unspecified atom stereocenters. The van der Waals surface area contributed by atoms with Crippen molar-refractivity contribution >= 4 is 45.5 Å². The number of aromatic amines is 2. The average Bonchev–Trinajstić information content (AvgIpc) is 3.33. The van der Waals surface area contributed by atoms with Gasteiger partial charge in [-0.1, -0.05) is 35.6 Å². The normalized spacial score (nSPS) is 11.0. The summed E-state index contributed by atoms with van der Waals surface area (Å²) in [4.78, 5) is 21.0. The summed E-state index contributed by atoms with van der Waals surface area (Å²) in [7, 11) is 0. The molecule has 0 aliphatic carbocycles. The van der Waals surface area contributed by atoms with E-state index in [1.165, 1.54) is 11.3 Å². The molecule has 0 saturated heterocycles. The fourth-order valence-corrected chi connectivity index (χ4v) is 3.97. The van der Waals surface area contributed by atoms with Crippen molar-refractivity contribution in [1.82, 2.24) is 24.7 Å². The zero-order chi connectivity index (χ0) is 19.0. The van der Waals surface area contributed by atoms with E-state index in [-0.39, 0.29) is 5.91 Å². The van der Waals surface area contributed by atoms with Crippen molar-refractivity contribution in [3.05, 3.63) is 59.1 Å². The third kappa shape index (κ3) is 3.22. The molecule has 0 atom stereocenters. The van der Waals surface area contributed by atoms with Crippen molar-refractivity contribution in [1.29, 1.82) is 0 Å². The molecule has 27 heavy (non-hydrogen) atoms. The highest BCUT2D eigenvalue weighted by atomic mass is 32.1. The van der Waals surface area contributed by atoms with Gasteiger partial charge in [0, 0.05) is 17.4 Å². The van der Waals surface area contributed by atoms with Crippen molar-refractivity contribution in [2.45, 2.75) is 13.5 Å². The summed E-state index contributed by atoms with van der Waals surface area (Å²) in [5.41, 5.74) is 2.17. The van der Waals surface area contributed by atoms with Crippen molar-refractivity contribution in [3.8, 4) is 10.7 Å². The van der Waals surface area contributed by atoms with Crippen molar-refractivity contribution < 1.29 is 4.79 Å². The number of carbonyl (C=O) groups excluding carboxylic acids is 1. The number of nitrogens with one attached hydrogen (secondary N) is 3. The Balaban J connectivity index is 1.62. The van der Waals surface area contributed by atoms with Gasteiger partial charge in [0.05, 0.1) is 10.6 Å². The second-order valence-corrected chi connectivity index (χ2v) is 7.30. The van der Waals surface area contributed by atoms with E-state index in [9.17, 15) is 4.79 Å². The number of amides is 1.